The Morgan fingerprint density at radius 1 is 0.814 bits per heavy atom. The van der Waals surface area contributed by atoms with E-state index in [2.05, 4.69) is 16.0 Å². The van der Waals surface area contributed by atoms with Crippen LogP contribution in [0.3, 0.4) is 0 Å². The number of amides is 4. The molecule has 2 atom stereocenters. The van der Waals surface area contributed by atoms with Crippen molar-refractivity contribution in [1.29, 1.82) is 0 Å². The lowest BCUT2D eigenvalue weighted by atomic mass is 9.98. The number of fused-ring (bicyclic) bond motifs is 2. The van der Waals surface area contributed by atoms with Crippen molar-refractivity contribution in [3.8, 4) is 0 Å². The van der Waals surface area contributed by atoms with E-state index in [1.165, 1.54) is 0 Å². The van der Waals surface area contributed by atoms with E-state index in [4.69, 9.17) is 10.5 Å². The lowest BCUT2D eigenvalue weighted by Crippen LogP contribution is -2.47. The fourth-order valence-corrected chi connectivity index (χ4v) is 5.01. The quantitative estimate of drug-likeness (QED) is 0.202. The first-order chi connectivity index (χ1) is 20.4. The van der Waals surface area contributed by atoms with Crippen LogP contribution in [0, 0.1) is 0 Å². The summed E-state index contributed by atoms with van der Waals surface area (Å²) < 4.78 is 5.33. The van der Waals surface area contributed by atoms with Crippen molar-refractivity contribution in [2.75, 3.05) is 0 Å². The van der Waals surface area contributed by atoms with Gasteiger partial charge in [0.2, 0.25) is 11.8 Å². The van der Waals surface area contributed by atoms with Crippen LogP contribution in [-0.4, -0.2) is 35.5 Å². The zero-order chi connectivity index (χ0) is 31.1. The Bertz CT molecular complexity index is 1650. The van der Waals surface area contributed by atoms with Gasteiger partial charge in [0, 0.05) is 18.5 Å². The topological polar surface area (TPSA) is 140 Å². The summed E-state index contributed by atoms with van der Waals surface area (Å²) in [5, 5.41) is 12.1. The van der Waals surface area contributed by atoms with Crippen LogP contribution in [0.1, 0.15) is 68.1 Å². The third-order valence-corrected chi connectivity index (χ3v) is 7.03. The number of rotatable bonds is 10. The number of benzene rings is 4. The fraction of sp³-hybridized carbons (Fsp3) is 0.294. The maximum absolute atomic E-state index is 13.6. The van der Waals surface area contributed by atoms with Gasteiger partial charge in [0.05, 0.1) is 6.04 Å². The summed E-state index contributed by atoms with van der Waals surface area (Å²) in [6.07, 6.45) is -0.568. The van der Waals surface area contributed by atoms with Crippen molar-refractivity contribution in [3.05, 3.63) is 95.6 Å². The minimum absolute atomic E-state index is 0.0466. The van der Waals surface area contributed by atoms with Crippen LogP contribution in [-0.2, 0) is 20.9 Å². The minimum atomic E-state index is -0.996. The van der Waals surface area contributed by atoms with Crippen LogP contribution in [0.25, 0.3) is 21.5 Å². The lowest BCUT2D eigenvalue weighted by Gasteiger charge is -2.23. The number of carbonyl (C=O) groups is 4. The van der Waals surface area contributed by atoms with Crippen molar-refractivity contribution in [1.82, 2.24) is 16.0 Å². The zero-order valence-electron chi connectivity index (χ0n) is 24.9. The molecule has 5 N–H and O–H groups in total. The van der Waals surface area contributed by atoms with Crippen LogP contribution in [0.4, 0.5) is 4.79 Å². The Labute approximate surface area is 251 Å². The molecular weight excluding hydrogens is 544 g/mol. The second kappa shape index (κ2) is 13.4. The third kappa shape index (κ3) is 8.09. The van der Waals surface area contributed by atoms with Gasteiger partial charge in [-0.1, -0.05) is 72.8 Å². The fourth-order valence-electron chi connectivity index (χ4n) is 5.01. The van der Waals surface area contributed by atoms with Gasteiger partial charge < -0.3 is 26.4 Å². The van der Waals surface area contributed by atoms with Gasteiger partial charge in [-0.3, -0.25) is 14.4 Å². The van der Waals surface area contributed by atoms with E-state index in [1.54, 1.807) is 32.9 Å². The Morgan fingerprint density at radius 3 is 2.16 bits per heavy atom. The summed E-state index contributed by atoms with van der Waals surface area (Å²) in [4.78, 5) is 50.9. The second-order valence-electron chi connectivity index (χ2n) is 11.5. The van der Waals surface area contributed by atoms with Crippen molar-refractivity contribution < 1.29 is 23.9 Å². The first-order valence-electron chi connectivity index (χ1n) is 14.3. The zero-order valence-corrected chi connectivity index (χ0v) is 24.9. The number of nitrogens with two attached hydrogens (primary N) is 1. The van der Waals surface area contributed by atoms with Crippen molar-refractivity contribution in [2.45, 2.75) is 64.8 Å². The molecule has 0 aliphatic carbocycles. The highest BCUT2D eigenvalue weighted by Crippen LogP contribution is 2.25. The molecule has 0 radical (unpaired) electrons. The molecule has 224 valence electrons. The number of hydrogen-bond donors (Lipinski definition) is 4. The highest BCUT2D eigenvalue weighted by molar-refractivity contribution is 6.09. The third-order valence-electron chi connectivity index (χ3n) is 7.03. The van der Waals surface area contributed by atoms with Gasteiger partial charge in [0.25, 0.3) is 5.91 Å². The highest BCUT2D eigenvalue weighted by Gasteiger charge is 2.25. The van der Waals surface area contributed by atoms with Crippen LogP contribution >= 0.6 is 0 Å². The molecule has 0 bridgehead atoms. The van der Waals surface area contributed by atoms with Gasteiger partial charge in [-0.2, -0.15) is 0 Å². The number of hydrogen-bond acceptors (Lipinski definition) is 5. The summed E-state index contributed by atoms with van der Waals surface area (Å²) in [5.74, 6) is -1.45. The number of ether oxygens (including phenoxy) is 1. The van der Waals surface area contributed by atoms with Gasteiger partial charge in [-0.25, -0.2) is 4.79 Å². The van der Waals surface area contributed by atoms with Crippen LogP contribution in [0.2, 0.25) is 0 Å². The molecule has 4 amide bonds. The average molecular weight is 583 g/mol. The number of nitrogens with one attached hydrogen (secondary N) is 3. The molecule has 0 spiro atoms. The SMILES string of the molecule is C[C@@H](NC(=O)[C@H](CCC(N)=O)NC(=O)c1ccc(CNC(=O)OC(C)(C)C)c2ccccc12)c1cccc2ccccc12. The monoisotopic (exact) mass is 582 g/mol. The molecule has 0 aromatic heterocycles. The van der Waals surface area contributed by atoms with Gasteiger partial charge in [0.15, 0.2) is 0 Å². The smallest absolute Gasteiger partial charge is 0.407 e. The predicted molar refractivity (Wildman–Crippen MR) is 167 cm³/mol. The molecule has 0 heterocycles. The molecule has 4 rings (SSSR count). The van der Waals surface area contributed by atoms with E-state index >= 15 is 0 Å². The first-order valence-corrected chi connectivity index (χ1v) is 14.3. The van der Waals surface area contributed by atoms with Crippen LogP contribution in [0.15, 0.2) is 78.9 Å². The molecule has 0 unspecified atom stereocenters. The molecule has 0 saturated carbocycles. The summed E-state index contributed by atoms with van der Waals surface area (Å²) in [7, 11) is 0. The Kier molecular flexibility index (Phi) is 9.65. The number of carbonyl (C=O) groups excluding carboxylic acids is 4. The second-order valence-corrected chi connectivity index (χ2v) is 11.5. The first kappa shape index (κ1) is 31.0. The Morgan fingerprint density at radius 2 is 1.47 bits per heavy atom. The van der Waals surface area contributed by atoms with Crippen molar-refractivity contribution >= 4 is 45.4 Å². The molecule has 4 aromatic carbocycles. The Balaban J connectivity index is 1.54. The summed E-state index contributed by atoms with van der Waals surface area (Å²) >= 11 is 0. The maximum Gasteiger partial charge on any atom is 0.407 e. The molecule has 9 nitrogen and oxygen atoms in total. The predicted octanol–water partition coefficient (Wildman–Crippen LogP) is 5.26. The average Bonchev–Trinajstić information content (AvgIpc) is 2.96. The number of primary amides is 1. The molecule has 0 saturated heterocycles. The van der Waals surface area contributed by atoms with E-state index in [0.29, 0.717) is 10.9 Å². The molecule has 4 aromatic rings. The summed E-state index contributed by atoms with van der Waals surface area (Å²) in [6.45, 7) is 7.45. The van der Waals surface area contributed by atoms with Gasteiger partial charge in [-0.05, 0) is 72.9 Å². The standard InChI is InChI=1S/C34H38N4O5/c1-21(24-15-9-11-22-10-5-6-12-25(22)24)37-32(41)29(18-19-30(35)39)38-31(40)28-17-16-23(26-13-7-8-14-27(26)28)20-36-33(42)43-34(2,3)4/h5-17,21,29H,18-20H2,1-4H3,(H2,35,39)(H,36,42)(H,37,41)(H,38,40)/t21-,29+/m1/s1. The van der Waals surface area contributed by atoms with E-state index in [0.717, 1.165) is 27.3 Å². The maximum atomic E-state index is 13.6. The van der Waals surface area contributed by atoms with E-state index in [1.807, 2.05) is 73.7 Å². The van der Waals surface area contributed by atoms with E-state index in [-0.39, 0.29) is 25.4 Å². The normalized spacial score (nSPS) is 12.7. The van der Waals surface area contributed by atoms with E-state index < -0.39 is 35.5 Å². The van der Waals surface area contributed by atoms with Gasteiger partial charge in [-0.15, -0.1) is 0 Å². The van der Waals surface area contributed by atoms with E-state index in [9.17, 15) is 19.2 Å². The van der Waals surface area contributed by atoms with Gasteiger partial charge >= 0.3 is 6.09 Å². The highest BCUT2D eigenvalue weighted by atomic mass is 16.6. The lowest BCUT2D eigenvalue weighted by molar-refractivity contribution is -0.124. The molecule has 43 heavy (non-hydrogen) atoms. The molecule has 0 fully saturated rings. The molecule has 0 aliphatic heterocycles. The summed E-state index contributed by atoms with van der Waals surface area (Å²) in [5.41, 5.74) is 6.85. The van der Waals surface area contributed by atoms with Crippen LogP contribution in [0.5, 0.6) is 0 Å². The number of alkyl carbamates (subject to hydrolysis) is 1. The minimum Gasteiger partial charge on any atom is -0.444 e. The largest absolute Gasteiger partial charge is 0.444 e. The summed E-state index contributed by atoms with van der Waals surface area (Å²) in [6, 6.07) is 23.2. The van der Waals surface area contributed by atoms with Gasteiger partial charge in [0.1, 0.15) is 11.6 Å². The molecule has 0 aliphatic rings. The molecule has 9 heteroatoms. The van der Waals surface area contributed by atoms with Crippen molar-refractivity contribution in [3.63, 3.8) is 0 Å². The van der Waals surface area contributed by atoms with Crippen molar-refractivity contribution in [2.24, 2.45) is 5.73 Å². The molecular formula is C34H38N4O5. The van der Waals surface area contributed by atoms with Crippen LogP contribution < -0.4 is 21.7 Å². The Hall–Kier alpha value is -4.92.